The van der Waals surface area contributed by atoms with Crippen LogP contribution < -0.4 is 20.5 Å². The van der Waals surface area contributed by atoms with Gasteiger partial charge in [-0.1, -0.05) is 41.2 Å². The minimum atomic E-state index is -0.351. The van der Waals surface area contributed by atoms with Gasteiger partial charge in [-0.25, -0.2) is 9.97 Å². The first-order valence-corrected chi connectivity index (χ1v) is 14.9. The number of carbonyl (C=O) groups excluding carboxylic acids is 1. The van der Waals surface area contributed by atoms with E-state index in [1.165, 1.54) is 11.9 Å². The summed E-state index contributed by atoms with van der Waals surface area (Å²) in [6.07, 6.45) is 3.41. The van der Waals surface area contributed by atoms with Gasteiger partial charge in [-0.3, -0.25) is 24.0 Å². The standard InChI is InChI=1S/C27H28Cl2N8O2S/c1-12-7-14(13(2)31-19-5-6-20(29)32-24(19)25(38)35-40-4)22-15(8-12)26(39)36(3)27(33-22)37-10-16-17(11-37)21(16)23-18(28)9-30-34-23/h5-9,13,16-17,21,31H,10-11H2,1-4H3,(H,30,34)(H,35,38). The molecule has 1 aromatic carbocycles. The number of benzene rings is 1. The first-order valence-electron chi connectivity index (χ1n) is 12.9. The van der Waals surface area contributed by atoms with Gasteiger partial charge in [0.1, 0.15) is 5.15 Å². The number of rotatable bonds is 7. The van der Waals surface area contributed by atoms with Crippen molar-refractivity contribution in [1.29, 1.82) is 0 Å². The van der Waals surface area contributed by atoms with E-state index in [-0.39, 0.29) is 28.4 Å². The van der Waals surface area contributed by atoms with E-state index in [1.54, 1.807) is 36.2 Å². The quantitative estimate of drug-likeness (QED) is 0.207. The van der Waals surface area contributed by atoms with Crippen molar-refractivity contribution in [3.63, 3.8) is 0 Å². The highest BCUT2D eigenvalue weighted by Gasteiger charge is 2.58. The minimum absolute atomic E-state index is 0.0981. The molecule has 40 heavy (non-hydrogen) atoms. The summed E-state index contributed by atoms with van der Waals surface area (Å²) < 4.78 is 4.34. The summed E-state index contributed by atoms with van der Waals surface area (Å²) in [5.74, 6) is 1.52. The SMILES string of the molecule is CSNC(=O)c1nc(Cl)ccc1NC(C)c1cc(C)cc2c(=O)n(C)c(N3CC4C(C3)C4c3[nH]ncc3Cl)nc12. The van der Waals surface area contributed by atoms with Crippen LogP contribution in [0.15, 0.2) is 35.3 Å². The Bertz CT molecular complexity index is 1690. The number of anilines is 2. The molecule has 13 heteroatoms. The van der Waals surface area contributed by atoms with Crippen molar-refractivity contribution in [3.8, 4) is 0 Å². The van der Waals surface area contributed by atoms with Crippen LogP contribution in [-0.2, 0) is 7.05 Å². The maximum atomic E-state index is 13.6. The number of piperidine rings is 1. The molecular weight excluding hydrogens is 571 g/mol. The molecule has 1 saturated heterocycles. The number of nitrogens with one attached hydrogen (secondary N) is 3. The van der Waals surface area contributed by atoms with Crippen molar-refractivity contribution in [3.05, 3.63) is 73.5 Å². The molecule has 0 bridgehead atoms. The van der Waals surface area contributed by atoms with E-state index in [1.807, 2.05) is 26.0 Å². The second-order valence-corrected chi connectivity index (χ2v) is 11.9. The number of pyridine rings is 1. The number of aryl methyl sites for hydroxylation is 1. The van der Waals surface area contributed by atoms with E-state index in [4.69, 9.17) is 28.2 Å². The molecule has 0 spiro atoms. The lowest BCUT2D eigenvalue weighted by molar-refractivity contribution is 0.0980. The molecule has 3 atom stereocenters. The minimum Gasteiger partial charge on any atom is -0.377 e. The Kier molecular flexibility index (Phi) is 6.92. The largest absolute Gasteiger partial charge is 0.377 e. The van der Waals surface area contributed by atoms with Crippen LogP contribution in [0.2, 0.25) is 10.2 Å². The fourth-order valence-electron chi connectivity index (χ4n) is 5.96. The summed E-state index contributed by atoms with van der Waals surface area (Å²) in [6, 6.07) is 6.98. The Hall–Kier alpha value is -3.28. The monoisotopic (exact) mass is 598 g/mol. The number of fused-ring (bicyclic) bond motifs is 2. The summed E-state index contributed by atoms with van der Waals surface area (Å²) in [5.41, 5.74) is 4.06. The zero-order valence-electron chi connectivity index (χ0n) is 22.3. The molecule has 3 N–H and O–H groups in total. The van der Waals surface area contributed by atoms with Crippen LogP contribution in [0.3, 0.4) is 0 Å². The van der Waals surface area contributed by atoms with Gasteiger partial charge in [-0.05, 0) is 49.4 Å². The molecule has 2 aliphatic rings. The van der Waals surface area contributed by atoms with Crippen molar-refractivity contribution >= 4 is 63.6 Å². The number of hydrogen-bond donors (Lipinski definition) is 3. The Labute approximate surface area is 245 Å². The lowest BCUT2D eigenvalue weighted by Crippen LogP contribution is -2.32. The van der Waals surface area contributed by atoms with Crippen LogP contribution >= 0.6 is 35.1 Å². The van der Waals surface area contributed by atoms with Crippen LogP contribution in [0.4, 0.5) is 11.6 Å². The van der Waals surface area contributed by atoms with Gasteiger partial charge in [0.15, 0.2) is 5.69 Å². The molecule has 4 aromatic rings. The van der Waals surface area contributed by atoms with Crippen LogP contribution in [0.25, 0.3) is 10.9 Å². The molecule has 4 heterocycles. The molecule has 1 aliphatic carbocycles. The molecule has 10 nitrogen and oxygen atoms in total. The second-order valence-electron chi connectivity index (χ2n) is 10.4. The highest BCUT2D eigenvalue weighted by atomic mass is 35.5. The zero-order valence-corrected chi connectivity index (χ0v) is 24.7. The molecule has 2 fully saturated rings. The molecule has 3 unspecified atom stereocenters. The highest BCUT2D eigenvalue weighted by molar-refractivity contribution is 7.97. The van der Waals surface area contributed by atoms with Gasteiger partial charge in [0.2, 0.25) is 5.95 Å². The van der Waals surface area contributed by atoms with E-state index >= 15 is 0 Å². The summed E-state index contributed by atoms with van der Waals surface area (Å²) in [5, 5.41) is 12.0. The molecule has 1 saturated carbocycles. The normalized spacial score (nSPS) is 20.4. The number of halogens is 2. The van der Waals surface area contributed by atoms with Crippen LogP contribution in [0.1, 0.15) is 46.2 Å². The number of carbonyl (C=O) groups is 1. The first kappa shape index (κ1) is 26.9. The van der Waals surface area contributed by atoms with Crippen LogP contribution in [0.5, 0.6) is 0 Å². The number of aromatic amines is 1. The molecule has 0 radical (unpaired) electrons. The third-order valence-electron chi connectivity index (χ3n) is 7.87. The number of H-pyrrole nitrogens is 1. The van der Waals surface area contributed by atoms with Gasteiger partial charge >= 0.3 is 0 Å². The lowest BCUT2D eigenvalue weighted by atomic mass is 10.0. The van der Waals surface area contributed by atoms with E-state index in [0.717, 1.165) is 29.9 Å². The lowest BCUT2D eigenvalue weighted by Gasteiger charge is -2.25. The molecule has 3 aromatic heterocycles. The summed E-state index contributed by atoms with van der Waals surface area (Å²) in [4.78, 5) is 37.7. The zero-order chi connectivity index (χ0) is 28.3. The topological polar surface area (TPSA) is 121 Å². The maximum Gasteiger partial charge on any atom is 0.281 e. The first-order chi connectivity index (χ1) is 19.2. The van der Waals surface area contributed by atoms with Crippen molar-refractivity contribution in [1.82, 2.24) is 29.5 Å². The van der Waals surface area contributed by atoms with Crippen molar-refractivity contribution < 1.29 is 4.79 Å². The summed E-state index contributed by atoms with van der Waals surface area (Å²) in [6.45, 7) is 5.51. The van der Waals surface area contributed by atoms with Gasteiger partial charge in [-0.15, -0.1) is 0 Å². The predicted molar refractivity (Wildman–Crippen MR) is 160 cm³/mol. The van der Waals surface area contributed by atoms with Crippen molar-refractivity contribution in [2.45, 2.75) is 25.8 Å². The van der Waals surface area contributed by atoms with Gasteiger partial charge in [-0.2, -0.15) is 5.10 Å². The Balaban J connectivity index is 1.34. The second kappa shape index (κ2) is 10.3. The number of nitrogens with zero attached hydrogens (tertiary/aromatic N) is 5. The van der Waals surface area contributed by atoms with Crippen molar-refractivity contribution in [2.24, 2.45) is 18.9 Å². The van der Waals surface area contributed by atoms with Gasteiger partial charge in [0, 0.05) is 37.9 Å². The van der Waals surface area contributed by atoms with E-state index in [2.05, 4.69) is 30.1 Å². The van der Waals surface area contributed by atoms with Crippen LogP contribution in [-0.4, -0.2) is 50.0 Å². The van der Waals surface area contributed by atoms with Crippen molar-refractivity contribution in [2.75, 3.05) is 29.6 Å². The smallest absolute Gasteiger partial charge is 0.281 e. The van der Waals surface area contributed by atoms with Gasteiger partial charge in [0.25, 0.3) is 11.5 Å². The third-order valence-corrected chi connectivity index (χ3v) is 8.77. The number of hydrogen-bond acceptors (Lipinski definition) is 8. The molecule has 1 amide bonds. The predicted octanol–water partition coefficient (Wildman–Crippen LogP) is 4.70. The Morgan fingerprint density at radius 1 is 1.20 bits per heavy atom. The van der Waals surface area contributed by atoms with Crippen LogP contribution in [0, 0.1) is 18.8 Å². The Morgan fingerprint density at radius 3 is 2.62 bits per heavy atom. The molecule has 1 aliphatic heterocycles. The molecule has 6 rings (SSSR count). The fourth-order valence-corrected chi connectivity index (χ4v) is 6.61. The third kappa shape index (κ3) is 4.59. The number of aromatic nitrogens is 5. The van der Waals surface area contributed by atoms with E-state index in [9.17, 15) is 9.59 Å². The molecule has 208 valence electrons. The van der Waals surface area contributed by atoms with Gasteiger partial charge < -0.3 is 10.2 Å². The van der Waals surface area contributed by atoms with E-state index in [0.29, 0.717) is 45.3 Å². The number of amides is 1. The highest BCUT2D eigenvalue weighted by Crippen LogP contribution is 2.59. The average Bonchev–Trinajstić information content (AvgIpc) is 3.22. The fraction of sp³-hybridized carbons (Fsp3) is 0.370. The van der Waals surface area contributed by atoms with E-state index < -0.39 is 0 Å². The Morgan fingerprint density at radius 2 is 1.95 bits per heavy atom. The average molecular weight is 600 g/mol. The summed E-state index contributed by atoms with van der Waals surface area (Å²) >= 11 is 13.6. The maximum absolute atomic E-state index is 13.6. The summed E-state index contributed by atoms with van der Waals surface area (Å²) in [7, 11) is 1.77. The molecular formula is C27H28Cl2N8O2S. The van der Waals surface area contributed by atoms with Gasteiger partial charge in [0.05, 0.1) is 39.5 Å².